The fourth-order valence-corrected chi connectivity index (χ4v) is 1.59. The van der Waals surface area contributed by atoms with Crippen LogP contribution in [0.2, 0.25) is 0 Å². The van der Waals surface area contributed by atoms with E-state index in [-0.39, 0.29) is 11.7 Å². The molecular formula is C14H20N2O2. The van der Waals surface area contributed by atoms with E-state index in [2.05, 4.69) is 5.32 Å². The summed E-state index contributed by atoms with van der Waals surface area (Å²) in [6.07, 6.45) is 0.430. The summed E-state index contributed by atoms with van der Waals surface area (Å²) in [6, 6.07) is 6.86. The van der Waals surface area contributed by atoms with E-state index in [1.807, 2.05) is 31.1 Å². The lowest BCUT2D eigenvalue weighted by molar-refractivity contribution is -0.120. The number of rotatable bonds is 5. The number of benzene rings is 1. The third-order valence-corrected chi connectivity index (χ3v) is 2.80. The molecule has 1 amide bonds. The van der Waals surface area contributed by atoms with Crippen molar-refractivity contribution in [2.45, 2.75) is 26.3 Å². The van der Waals surface area contributed by atoms with Crippen molar-refractivity contribution in [2.75, 3.05) is 19.0 Å². The molecule has 98 valence electrons. The lowest BCUT2D eigenvalue weighted by Gasteiger charge is -2.15. The standard InChI is InChI=1S/C14H20N2O2/c1-5-13(17)10(2)15-14(18)11-7-6-8-12(9-11)16(3)4/h6-10H,5H2,1-4H3,(H,15,18). The molecule has 4 heteroatoms. The van der Waals surface area contributed by atoms with Crippen molar-refractivity contribution in [2.24, 2.45) is 0 Å². The normalized spacial score (nSPS) is 11.8. The van der Waals surface area contributed by atoms with Crippen molar-refractivity contribution in [1.82, 2.24) is 5.32 Å². The Hall–Kier alpha value is -1.84. The number of carbonyl (C=O) groups excluding carboxylic acids is 2. The number of anilines is 1. The second kappa shape index (κ2) is 6.19. The smallest absolute Gasteiger partial charge is 0.251 e. The number of ketones is 1. The number of hydrogen-bond donors (Lipinski definition) is 1. The molecule has 0 spiro atoms. The van der Waals surface area contributed by atoms with E-state index in [0.29, 0.717) is 12.0 Å². The zero-order chi connectivity index (χ0) is 13.7. The first kappa shape index (κ1) is 14.2. The molecule has 0 saturated heterocycles. The van der Waals surface area contributed by atoms with Gasteiger partial charge in [0.15, 0.2) is 5.78 Å². The highest BCUT2D eigenvalue weighted by molar-refractivity contribution is 5.98. The minimum absolute atomic E-state index is 0.0344. The Labute approximate surface area is 108 Å². The highest BCUT2D eigenvalue weighted by Crippen LogP contribution is 2.13. The maximum atomic E-state index is 12.0. The van der Waals surface area contributed by atoms with Crippen molar-refractivity contribution >= 4 is 17.4 Å². The molecule has 1 unspecified atom stereocenters. The van der Waals surface area contributed by atoms with Gasteiger partial charge in [0.25, 0.3) is 5.91 Å². The summed E-state index contributed by atoms with van der Waals surface area (Å²) in [5, 5.41) is 2.71. The van der Waals surface area contributed by atoms with Crippen LogP contribution in [0.4, 0.5) is 5.69 Å². The van der Waals surface area contributed by atoms with E-state index >= 15 is 0 Å². The Morgan fingerprint density at radius 2 is 2.00 bits per heavy atom. The van der Waals surface area contributed by atoms with Crippen molar-refractivity contribution in [3.05, 3.63) is 29.8 Å². The molecular weight excluding hydrogens is 228 g/mol. The zero-order valence-corrected chi connectivity index (χ0v) is 11.4. The number of nitrogens with zero attached hydrogens (tertiary/aromatic N) is 1. The predicted octanol–water partition coefficient (Wildman–Crippen LogP) is 1.85. The molecule has 0 aromatic heterocycles. The first-order valence-electron chi connectivity index (χ1n) is 6.06. The van der Waals surface area contributed by atoms with Crippen LogP contribution in [0.3, 0.4) is 0 Å². The van der Waals surface area contributed by atoms with Gasteiger partial charge in [0.1, 0.15) is 0 Å². The highest BCUT2D eigenvalue weighted by Gasteiger charge is 2.15. The Balaban J connectivity index is 2.78. The number of carbonyl (C=O) groups is 2. The molecule has 1 N–H and O–H groups in total. The average molecular weight is 248 g/mol. The van der Waals surface area contributed by atoms with Gasteiger partial charge in [-0.25, -0.2) is 0 Å². The first-order chi connectivity index (χ1) is 8.45. The summed E-state index contributed by atoms with van der Waals surface area (Å²) < 4.78 is 0. The van der Waals surface area contributed by atoms with Crippen molar-refractivity contribution < 1.29 is 9.59 Å². The third kappa shape index (κ3) is 3.58. The minimum Gasteiger partial charge on any atom is -0.378 e. The summed E-state index contributed by atoms with van der Waals surface area (Å²) in [5.41, 5.74) is 1.52. The number of Topliss-reactive ketones (excluding diaryl/α,β-unsaturated/α-hetero) is 1. The van der Waals surface area contributed by atoms with E-state index in [1.54, 1.807) is 26.0 Å². The lowest BCUT2D eigenvalue weighted by atomic mass is 10.1. The van der Waals surface area contributed by atoms with Gasteiger partial charge in [-0.3, -0.25) is 9.59 Å². The molecule has 0 fully saturated rings. The third-order valence-electron chi connectivity index (χ3n) is 2.80. The summed E-state index contributed by atoms with van der Waals surface area (Å²) in [5.74, 6) is -0.180. The summed E-state index contributed by atoms with van der Waals surface area (Å²) in [4.78, 5) is 25.3. The van der Waals surface area contributed by atoms with Gasteiger partial charge in [-0.2, -0.15) is 0 Å². The van der Waals surface area contributed by atoms with Crippen LogP contribution in [-0.4, -0.2) is 31.8 Å². The predicted molar refractivity (Wildman–Crippen MR) is 73.0 cm³/mol. The molecule has 18 heavy (non-hydrogen) atoms. The van der Waals surface area contributed by atoms with Gasteiger partial charge in [-0.15, -0.1) is 0 Å². The van der Waals surface area contributed by atoms with Crippen LogP contribution in [0.25, 0.3) is 0 Å². The van der Waals surface area contributed by atoms with Crippen LogP contribution in [0, 0.1) is 0 Å². The van der Waals surface area contributed by atoms with Gasteiger partial charge in [-0.05, 0) is 25.1 Å². The number of amides is 1. The zero-order valence-electron chi connectivity index (χ0n) is 11.4. The van der Waals surface area contributed by atoms with Crippen LogP contribution in [-0.2, 0) is 4.79 Å². The Morgan fingerprint density at radius 3 is 2.56 bits per heavy atom. The molecule has 4 nitrogen and oxygen atoms in total. The van der Waals surface area contributed by atoms with Crippen LogP contribution in [0.15, 0.2) is 24.3 Å². The monoisotopic (exact) mass is 248 g/mol. The number of nitrogens with one attached hydrogen (secondary N) is 1. The first-order valence-corrected chi connectivity index (χ1v) is 6.06. The molecule has 0 saturated carbocycles. The minimum atomic E-state index is -0.439. The van der Waals surface area contributed by atoms with Gasteiger partial charge >= 0.3 is 0 Å². The maximum absolute atomic E-state index is 12.0. The maximum Gasteiger partial charge on any atom is 0.251 e. The second-order valence-corrected chi connectivity index (χ2v) is 4.46. The molecule has 0 aliphatic heterocycles. The Morgan fingerprint density at radius 1 is 1.33 bits per heavy atom. The Kier molecular flexibility index (Phi) is 4.89. The summed E-state index contributed by atoms with van der Waals surface area (Å²) in [6.45, 7) is 3.50. The van der Waals surface area contributed by atoms with E-state index < -0.39 is 6.04 Å². The number of hydrogen-bond acceptors (Lipinski definition) is 3. The molecule has 1 rings (SSSR count). The van der Waals surface area contributed by atoms with Crippen LogP contribution < -0.4 is 10.2 Å². The van der Waals surface area contributed by atoms with Crippen molar-refractivity contribution in [3.63, 3.8) is 0 Å². The fourth-order valence-electron chi connectivity index (χ4n) is 1.59. The lowest BCUT2D eigenvalue weighted by Crippen LogP contribution is -2.38. The molecule has 0 heterocycles. The molecule has 1 aromatic carbocycles. The SMILES string of the molecule is CCC(=O)C(C)NC(=O)c1cccc(N(C)C)c1. The van der Waals surface area contributed by atoms with Gasteiger partial charge < -0.3 is 10.2 Å². The quantitative estimate of drug-likeness (QED) is 0.865. The van der Waals surface area contributed by atoms with E-state index in [4.69, 9.17) is 0 Å². The summed E-state index contributed by atoms with van der Waals surface area (Å²) in [7, 11) is 3.83. The van der Waals surface area contributed by atoms with E-state index in [1.165, 1.54) is 0 Å². The molecule has 0 aliphatic carbocycles. The van der Waals surface area contributed by atoms with Crippen LogP contribution in [0.5, 0.6) is 0 Å². The van der Waals surface area contributed by atoms with E-state index in [9.17, 15) is 9.59 Å². The largest absolute Gasteiger partial charge is 0.378 e. The highest BCUT2D eigenvalue weighted by atomic mass is 16.2. The van der Waals surface area contributed by atoms with Crippen molar-refractivity contribution in [3.8, 4) is 0 Å². The van der Waals surface area contributed by atoms with Gasteiger partial charge in [-0.1, -0.05) is 13.0 Å². The second-order valence-electron chi connectivity index (χ2n) is 4.46. The molecule has 0 aliphatic rings. The fraction of sp³-hybridized carbons (Fsp3) is 0.429. The Bertz CT molecular complexity index is 441. The van der Waals surface area contributed by atoms with Crippen LogP contribution >= 0.6 is 0 Å². The van der Waals surface area contributed by atoms with Crippen molar-refractivity contribution in [1.29, 1.82) is 0 Å². The van der Waals surface area contributed by atoms with Gasteiger partial charge in [0, 0.05) is 31.8 Å². The summed E-state index contributed by atoms with van der Waals surface area (Å²) >= 11 is 0. The average Bonchev–Trinajstić information content (AvgIpc) is 2.37. The van der Waals surface area contributed by atoms with Gasteiger partial charge in [0.2, 0.25) is 0 Å². The van der Waals surface area contributed by atoms with E-state index in [0.717, 1.165) is 5.69 Å². The van der Waals surface area contributed by atoms with Crippen LogP contribution in [0.1, 0.15) is 30.6 Å². The molecule has 0 bridgehead atoms. The topological polar surface area (TPSA) is 49.4 Å². The molecule has 1 aromatic rings. The molecule has 0 radical (unpaired) electrons. The van der Waals surface area contributed by atoms with Gasteiger partial charge in [0.05, 0.1) is 6.04 Å². The molecule has 1 atom stereocenters.